The first-order valence-corrected chi connectivity index (χ1v) is 12.5. The minimum absolute atomic E-state index is 0.0839. The van der Waals surface area contributed by atoms with Gasteiger partial charge in [0.05, 0.1) is 29.1 Å². The summed E-state index contributed by atoms with van der Waals surface area (Å²) in [6.45, 7) is 8.57. The fraction of sp³-hybridized carbons (Fsp3) is 0.385. The molecule has 1 fully saturated rings. The fourth-order valence-electron chi connectivity index (χ4n) is 4.08. The number of nitrogens with zero attached hydrogens (tertiary/aromatic N) is 3. The number of fused-ring (bicyclic) bond motifs is 1. The summed E-state index contributed by atoms with van der Waals surface area (Å²) in [6, 6.07) is 13.0. The number of amides is 1. The van der Waals surface area contributed by atoms with Gasteiger partial charge in [-0.2, -0.15) is 0 Å². The number of methoxy groups -OCH3 is 1. The molecule has 35 heavy (non-hydrogen) atoms. The number of likely N-dealkylation sites (tertiary alicyclic amines) is 1. The van der Waals surface area contributed by atoms with E-state index >= 15 is 0 Å². The summed E-state index contributed by atoms with van der Waals surface area (Å²) in [5, 5.41) is 0.784. The molecule has 2 aromatic carbocycles. The summed E-state index contributed by atoms with van der Waals surface area (Å²) >= 11 is 0. The molecule has 1 unspecified atom stereocenters. The lowest BCUT2D eigenvalue weighted by atomic mass is 10.0. The van der Waals surface area contributed by atoms with Gasteiger partial charge in [0.1, 0.15) is 5.60 Å². The topological polar surface area (TPSA) is 81.1 Å². The molecule has 0 N–H and O–H groups in total. The van der Waals surface area contributed by atoms with E-state index in [0.717, 1.165) is 16.6 Å². The van der Waals surface area contributed by atoms with Crippen molar-refractivity contribution in [2.45, 2.75) is 44.2 Å². The minimum atomic E-state index is -1.55. The number of aromatic nitrogens is 1. The van der Waals surface area contributed by atoms with E-state index in [9.17, 15) is 13.8 Å². The number of hydrogen-bond donors (Lipinski definition) is 0. The molecule has 0 radical (unpaired) electrons. The molecule has 0 spiro atoms. The second kappa shape index (κ2) is 9.37. The summed E-state index contributed by atoms with van der Waals surface area (Å²) < 4.78 is 25.5. The van der Waals surface area contributed by atoms with Crippen LogP contribution in [0.25, 0.3) is 10.9 Å². The average molecular weight is 498 g/mol. The summed E-state index contributed by atoms with van der Waals surface area (Å²) in [6.07, 6.45) is 1.41. The van der Waals surface area contributed by atoms with Gasteiger partial charge in [-0.05, 0) is 58.0 Å². The molecular formula is C26H31N3O5S. The Balaban J connectivity index is 1.66. The Labute approximate surface area is 208 Å². The zero-order valence-electron chi connectivity index (χ0n) is 20.9. The third-order valence-electron chi connectivity index (χ3n) is 6.04. The highest BCUT2D eigenvalue weighted by atomic mass is 32.2. The highest BCUT2D eigenvalue weighted by Crippen LogP contribution is 2.34. The van der Waals surface area contributed by atoms with Gasteiger partial charge < -0.3 is 19.3 Å². The summed E-state index contributed by atoms with van der Waals surface area (Å²) in [5.74, 6) is -0.496. The lowest BCUT2D eigenvalue weighted by Crippen LogP contribution is -2.61. The number of benzene rings is 2. The minimum Gasteiger partial charge on any atom is -0.465 e. The zero-order chi connectivity index (χ0) is 25.5. The van der Waals surface area contributed by atoms with Gasteiger partial charge in [0.25, 0.3) is 0 Å². The molecule has 0 aliphatic carbocycles. The molecular weight excluding hydrogens is 466 g/mol. The summed E-state index contributed by atoms with van der Waals surface area (Å²) in [4.78, 5) is 29.3. The lowest BCUT2D eigenvalue weighted by Gasteiger charge is -2.45. The van der Waals surface area contributed by atoms with E-state index < -0.39 is 22.6 Å². The van der Waals surface area contributed by atoms with Crippen molar-refractivity contribution in [3.8, 4) is 0 Å². The van der Waals surface area contributed by atoms with Crippen molar-refractivity contribution in [2.75, 3.05) is 32.1 Å². The Kier molecular flexibility index (Phi) is 6.64. The maximum Gasteiger partial charge on any atom is 0.410 e. The molecule has 1 aliphatic heterocycles. The van der Waals surface area contributed by atoms with Crippen molar-refractivity contribution in [1.29, 1.82) is 0 Å². The van der Waals surface area contributed by atoms with Crippen molar-refractivity contribution in [3.63, 3.8) is 0 Å². The molecule has 3 aromatic rings. The molecule has 1 amide bonds. The Morgan fingerprint density at radius 2 is 1.71 bits per heavy atom. The van der Waals surface area contributed by atoms with Crippen LogP contribution < -0.4 is 4.90 Å². The first-order valence-electron chi connectivity index (χ1n) is 11.4. The maximum atomic E-state index is 13.5. The molecule has 4 rings (SSSR count). The van der Waals surface area contributed by atoms with Gasteiger partial charge in [-0.3, -0.25) is 3.97 Å². The van der Waals surface area contributed by atoms with Crippen LogP contribution in [0.3, 0.4) is 0 Å². The first kappa shape index (κ1) is 24.8. The number of esters is 1. The highest BCUT2D eigenvalue weighted by Gasteiger charge is 2.36. The van der Waals surface area contributed by atoms with Crippen LogP contribution >= 0.6 is 0 Å². The number of likely N-dealkylation sites (N-methyl/N-ethyl adjacent to an activating group) is 1. The van der Waals surface area contributed by atoms with Crippen LogP contribution in [0, 0.1) is 6.92 Å². The smallest absolute Gasteiger partial charge is 0.410 e. The van der Waals surface area contributed by atoms with Crippen LogP contribution in [0.15, 0.2) is 53.6 Å². The Morgan fingerprint density at radius 3 is 2.31 bits per heavy atom. The molecule has 0 saturated carbocycles. The van der Waals surface area contributed by atoms with Crippen LogP contribution in [0.1, 0.15) is 36.7 Å². The number of carbonyl (C=O) groups is 2. The van der Waals surface area contributed by atoms with Gasteiger partial charge >= 0.3 is 12.1 Å². The normalized spacial score (nSPS) is 15.0. The lowest BCUT2D eigenvalue weighted by molar-refractivity contribution is 0.00851. The quantitative estimate of drug-likeness (QED) is 0.487. The standard InChI is InChI=1S/C26H31N3O5S/c1-17-7-9-19(10-8-17)35(32)29-14-13-20-22(12-11-21(23(20)29)24(30)33-6)27(5)18-15-28(16-18)25(31)34-26(2,3)4/h7-14,18H,15-16H2,1-6H3. The van der Waals surface area contributed by atoms with Crippen LogP contribution in [0.4, 0.5) is 10.5 Å². The van der Waals surface area contributed by atoms with E-state index in [0.29, 0.717) is 29.1 Å². The summed E-state index contributed by atoms with van der Waals surface area (Å²) in [7, 11) is 1.74. The second-order valence-corrected chi connectivity index (χ2v) is 11.1. The van der Waals surface area contributed by atoms with E-state index in [1.54, 1.807) is 21.1 Å². The van der Waals surface area contributed by atoms with Crippen molar-refractivity contribution < 1.29 is 23.3 Å². The van der Waals surface area contributed by atoms with Gasteiger partial charge in [0.2, 0.25) is 0 Å². The second-order valence-electron chi connectivity index (χ2n) is 9.74. The van der Waals surface area contributed by atoms with Gasteiger partial charge in [-0.1, -0.05) is 17.7 Å². The zero-order valence-corrected chi connectivity index (χ0v) is 21.7. The number of aryl methyl sites for hydroxylation is 1. The Hall–Kier alpha value is -3.33. The molecule has 1 atom stereocenters. The SMILES string of the molecule is COC(=O)c1ccc(N(C)C2CN(C(=O)OC(C)(C)C)C2)c2ccn(S(=O)c3ccc(C)cc3)c12. The molecule has 1 aliphatic rings. The predicted molar refractivity (Wildman–Crippen MR) is 136 cm³/mol. The third kappa shape index (κ3) is 4.91. The molecule has 0 bridgehead atoms. The maximum absolute atomic E-state index is 13.5. The molecule has 2 heterocycles. The van der Waals surface area contributed by atoms with Crippen molar-refractivity contribution in [3.05, 3.63) is 59.8 Å². The first-order chi connectivity index (χ1) is 16.5. The number of rotatable bonds is 5. The number of ether oxygens (including phenoxy) is 2. The molecule has 8 nitrogen and oxygen atoms in total. The Bertz CT molecular complexity index is 1290. The number of anilines is 1. The van der Waals surface area contributed by atoms with E-state index in [4.69, 9.17) is 9.47 Å². The van der Waals surface area contributed by atoms with Gasteiger partial charge in [0, 0.05) is 37.4 Å². The van der Waals surface area contributed by atoms with Crippen LogP contribution in [0.2, 0.25) is 0 Å². The largest absolute Gasteiger partial charge is 0.465 e. The van der Waals surface area contributed by atoms with Gasteiger partial charge in [-0.25, -0.2) is 13.8 Å². The molecule has 9 heteroatoms. The predicted octanol–water partition coefficient (Wildman–Crippen LogP) is 4.36. The van der Waals surface area contributed by atoms with E-state index in [1.807, 2.05) is 71.1 Å². The monoisotopic (exact) mass is 497 g/mol. The molecule has 186 valence electrons. The van der Waals surface area contributed by atoms with E-state index in [-0.39, 0.29) is 12.1 Å². The number of hydrogen-bond acceptors (Lipinski definition) is 6. The third-order valence-corrected chi connectivity index (χ3v) is 7.38. The average Bonchev–Trinajstić information content (AvgIpc) is 3.20. The number of carbonyl (C=O) groups excluding carboxylic acids is 2. The molecule has 1 saturated heterocycles. The summed E-state index contributed by atoms with van der Waals surface area (Å²) in [5.41, 5.74) is 2.29. The fourth-order valence-corrected chi connectivity index (χ4v) is 5.21. The van der Waals surface area contributed by atoms with Crippen LogP contribution in [0.5, 0.6) is 0 Å². The van der Waals surface area contributed by atoms with E-state index in [2.05, 4.69) is 4.90 Å². The van der Waals surface area contributed by atoms with Crippen molar-refractivity contribution in [2.24, 2.45) is 0 Å². The highest BCUT2D eigenvalue weighted by molar-refractivity contribution is 7.83. The van der Waals surface area contributed by atoms with E-state index in [1.165, 1.54) is 7.11 Å². The van der Waals surface area contributed by atoms with Gasteiger partial charge in [0.15, 0.2) is 11.0 Å². The molecule has 1 aromatic heterocycles. The van der Waals surface area contributed by atoms with Crippen molar-refractivity contribution in [1.82, 2.24) is 8.87 Å². The van der Waals surface area contributed by atoms with Gasteiger partial charge in [-0.15, -0.1) is 0 Å². The Morgan fingerprint density at radius 1 is 1.06 bits per heavy atom. The van der Waals surface area contributed by atoms with Crippen molar-refractivity contribution >= 4 is 39.6 Å². The van der Waals surface area contributed by atoms with Crippen LogP contribution in [-0.2, 0) is 20.5 Å². The van der Waals surface area contributed by atoms with Crippen LogP contribution in [-0.4, -0.2) is 64.0 Å².